The largest absolute Gasteiger partial charge is 0.309 e. The molecule has 13 heavy (non-hydrogen) atoms. The zero-order valence-electron chi connectivity index (χ0n) is 7.92. The molecule has 1 aromatic rings. The topological polar surface area (TPSA) is 12.0 Å². The van der Waals surface area contributed by atoms with Crippen LogP contribution in [0.3, 0.4) is 0 Å². The maximum atomic E-state index is 3.66. The molecular weight excluding hydrogens is 178 g/mol. The van der Waals surface area contributed by atoms with Gasteiger partial charge in [-0.1, -0.05) is 18.2 Å². The smallest absolute Gasteiger partial charge is 0.0208 e. The van der Waals surface area contributed by atoms with Crippen molar-refractivity contribution < 1.29 is 0 Å². The van der Waals surface area contributed by atoms with E-state index in [1.807, 2.05) is 6.08 Å². The van der Waals surface area contributed by atoms with Gasteiger partial charge in [-0.3, -0.25) is 0 Å². The minimum atomic E-state index is 0.865. The molecule has 70 valence electrons. The van der Waals surface area contributed by atoms with Gasteiger partial charge in [0.05, 0.1) is 0 Å². The lowest BCUT2D eigenvalue weighted by Crippen LogP contribution is -2.12. The number of rotatable bonds is 5. The molecule has 0 aliphatic heterocycles. The maximum Gasteiger partial charge on any atom is 0.0208 e. The first-order valence-corrected chi connectivity index (χ1v) is 5.54. The van der Waals surface area contributed by atoms with E-state index < -0.39 is 0 Å². The van der Waals surface area contributed by atoms with Crippen molar-refractivity contribution in [3.63, 3.8) is 0 Å². The van der Waals surface area contributed by atoms with Gasteiger partial charge in [-0.15, -0.1) is 18.3 Å². The Labute approximate surface area is 84.2 Å². The fourth-order valence-corrected chi connectivity index (χ4v) is 1.58. The van der Waals surface area contributed by atoms with Gasteiger partial charge < -0.3 is 5.32 Å². The van der Waals surface area contributed by atoms with Gasteiger partial charge in [-0.25, -0.2) is 0 Å². The molecule has 0 atom stereocenters. The highest BCUT2D eigenvalue weighted by Gasteiger charge is 1.93. The molecule has 0 aromatic heterocycles. The van der Waals surface area contributed by atoms with Gasteiger partial charge in [0.25, 0.3) is 0 Å². The summed E-state index contributed by atoms with van der Waals surface area (Å²) in [6.45, 7) is 5.44. The van der Waals surface area contributed by atoms with E-state index in [0.717, 1.165) is 13.1 Å². The monoisotopic (exact) mass is 193 g/mol. The SMILES string of the molecule is C=CCNCc1cccc(SC)c1. The first-order chi connectivity index (χ1) is 6.36. The van der Waals surface area contributed by atoms with Crippen LogP contribution in [0.15, 0.2) is 41.8 Å². The first kappa shape index (κ1) is 10.4. The normalized spacial score (nSPS) is 9.92. The molecule has 0 heterocycles. The fourth-order valence-electron chi connectivity index (χ4n) is 1.10. The second kappa shape index (κ2) is 5.84. The van der Waals surface area contributed by atoms with Gasteiger partial charge in [0.15, 0.2) is 0 Å². The van der Waals surface area contributed by atoms with Crippen LogP contribution in [0, 0.1) is 0 Å². The second-order valence-electron chi connectivity index (χ2n) is 2.77. The van der Waals surface area contributed by atoms with E-state index in [1.165, 1.54) is 10.5 Å². The summed E-state index contributed by atoms with van der Waals surface area (Å²) in [7, 11) is 0. The van der Waals surface area contributed by atoms with Crippen molar-refractivity contribution in [3.05, 3.63) is 42.5 Å². The molecule has 2 heteroatoms. The number of benzene rings is 1. The highest BCUT2D eigenvalue weighted by molar-refractivity contribution is 7.98. The van der Waals surface area contributed by atoms with E-state index in [4.69, 9.17) is 0 Å². The fraction of sp³-hybridized carbons (Fsp3) is 0.273. The number of thioether (sulfide) groups is 1. The van der Waals surface area contributed by atoms with Crippen LogP contribution in [-0.4, -0.2) is 12.8 Å². The van der Waals surface area contributed by atoms with Crippen molar-refractivity contribution in [2.24, 2.45) is 0 Å². The lowest BCUT2D eigenvalue weighted by molar-refractivity contribution is 0.759. The molecule has 1 nitrogen and oxygen atoms in total. The second-order valence-corrected chi connectivity index (χ2v) is 3.65. The summed E-state index contributed by atoms with van der Waals surface area (Å²) >= 11 is 1.77. The predicted octanol–water partition coefficient (Wildman–Crippen LogP) is 2.68. The quantitative estimate of drug-likeness (QED) is 0.438. The van der Waals surface area contributed by atoms with Gasteiger partial charge >= 0.3 is 0 Å². The zero-order valence-corrected chi connectivity index (χ0v) is 8.73. The summed E-state index contributed by atoms with van der Waals surface area (Å²) in [6.07, 6.45) is 3.97. The first-order valence-electron chi connectivity index (χ1n) is 4.31. The van der Waals surface area contributed by atoms with E-state index in [1.54, 1.807) is 11.8 Å². The molecular formula is C11H15NS. The Balaban J connectivity index is 2.50. The highest BCUT2D eigenvalue weighted by atomic mass is 32.2. The molecule has 0 radical (unpaired) electrons. The molecule has 0 spiro atoms. The summed E-state index contributed by atoms with van der Waals surface area (Å²) in [6, 6.07) is 8.56. The van der Waals surface area contributed by atoms with Gasteiger partial charge in [-0.2, -0.15) is 0 Å². The summed E-state index contributed by atoms with van der Waals surface area (Å²) in [4.78, 5) is 1.32. The summed E-state index contributed by atoms with van der Waals surface area (Å²) in [5, 5.41) is 3.28. The molecule has 0 bridgehead atoms. The van der Waals surface area contributed by atoms with Crippen LogP contribution >= 0.6 is 11.8 Å². The van der Waals surface area contributed by atoms with Crippen LogP contribution in [-0.2, 0) is 6.54 Å². The van der Waals surface area contributed by atoms with Crippen molar-refractivity contribution in [2.75, 3.05) is 12.8 Å². The Morgan fingerprint density at radius 2 is 2.38 bits per heavy atom. The van der Waals surface area contributed by atoms with Crippen LogP contribution < -0.4 is 5.32 Å². The molecule has 0 amide bonds. The standard InChI is InChI=1S/C11H15NS/c1-3-7-12-9-10-5-4-6-11(8-10)13-2/h3-6,8,12H,1,7,9H2,2H3. The van der Waals surface area contributed by atoms with Gasteiger partial charge in [0.1, 0.15) is 0 Å². The molecule has 0 saturated heterocycles. The van der Waals surface area contributed by atoms with Crippen LogP contribution in [0.2, 0.25) is 0 Å². The Bertz CT molecular complexity index is 271. The molecule has 0 fully saturated rings. The summed E-state index contributed by atoms with van der Waals surface area (Å²) in [5.74, 6) is 0. The molecule has 0 unspecified atom stereocenters. The lowest BCUT2D eigenvalue weighted by Gasteiger charge is -2.03. The molecule has 0 aliphatic rings. The van der Waals surface area contributed by atoms with Crippen molar-refractivity contribution in [2.45, 2.75) is 11.4 Å². The highest BCUT2D eigenvalue weighted by Crippen LogP contribution is 2.15. The minimum Gasteiger partial charge on any atom is -0.309 e. The summed E-state index contributed by atoms with van der Waals surface area (Å²) < 4.78 is 0. The number of nitrogens with one attached hydrogen (secondary N) is 1. The van der Waals surface area contributed by atoms with E-state index in [9.17, 15) is 0 Å². The Morgan fingerprint density at radius 3 is 3.08 bits per heavy atom. The zero-order chi connectivity index (χ0) is 9.52. The molecule has 1 N–H and O–H groups in total. The average Bonchev–Trinajstić information content (AvgIpc) is 2.19. The van der Waals surface area contributed by atoms with Crippen LogP contribution in [0.5, 0.6) is 0 Å². The van der Waals surface area contributed by atoms with Gasteiger partial charge in [-0.05, 0) is 24.0 Å². The lowest BCUT2D eigenvalue weighted by atomic mass is 10.2. The van der Waals surface area contributed by atoms with Gasteiger partial charge in [0.2, 0.25) is 0 Å². The third kappa shape index (κ3) is 3.66. The number of hydrogen-bond acceptors (Lipinski definition) is 2. The summed E-state index contributed by atoms with van der Waals surface area (Å²) in [5.41, 5.74) is 1.33. The Hall–Kier alpha value is -0.730. The van der Waals surface area contributed by atoms with E-state index >= 15 is 0 Å². The van der Waals surface area contributed by atoms with Crippen molar-refractivity contribution in [1.82, 2.24) is 5.32 Å². The van der Waals surface area contributed by atoms with E-state index in [2.05, 4.69) is 42.4 Å². The third-order valence-electron chi connectivity index (χ3n) is 1.75. The van der Waals surface area contributed by atoms with E-state index in [-0.39, 0.29) is 0 Å². The molecule has 0 aliphatic carbocycles. The maximum absolute atomic E-state index is 3.66. The van der Waals surface area contributed by atoms with Crippen LogP contribution in [0.4, 0.5) is 0 Å². The Morgan fingerprint density at radius 1 is 1.54 bits per heavy atom. The Kier molecular flexibility index (Phi) is 4.65. The minimum absolute atomic E-state index is 0.865. The molecule has 1 aromatic carbocycles. The molecule has 0 saturated carbocycles. The average molecular weight is 193 g/mol. The van der Waals surface area contributed by atoms with Crippen molar-refractivity contribution in [1.29, 1.82) is 0 Å². The molecule has 1 rings (SSSR count). The van der Waals surface area contributed by atoms with E-state index in [0.29, 0.717) is 0 Å². The predicted molar refractivity (Wildman–Crippen MR) is 60.1 cm³/mol. The van der Waals surface area contributed by atoms with Crippen LogP contribution in [0.25, 0.3) is 0 Å². The van der Waals surface area contributed by atoms with Crippen molar-refractivity contribution in [3.8, 4) is 0 Å². The third-order valence-corrected chi connectivity index (χ3v) is 2.48. The number of hydrogen-bond donors (Lipinski definition) is 1. The van der Waals surface area contributed by atoms with Gasteiger partial charge in [0, 0.05) is 18.0 Å². The van der Waals surface area contributed by atoms with Crippen molar-refractivity contribution >= 4 is 11.8 Å². The van der Waals surface area contributed by atoms with Crippen LogP contribution in [0.1, 0.15) is 5.56 Å².